The molecule has 0 aromatic heterocycles. The molecule has 16 heavy (non-hydrogen) atoms. The van der Waals surface area contributed by atoms with Crippen molar-refractivity contribution in [2.45, 2.75) is 52.1 Å². The van der Waals surface area contributed by atoms with Crippen LogP contribution in [0.3, 0.4) is 0 Å². The minimum Gasteiger partial charge on any atom is -0.462 e. The van der Waals surface area contributed by atoms with Gasteiger partial charge in [0.25, 0.3) is 0 Å². The Balaban J connectivity index is 2.63. The summed E-state index contributed by atoms with van der Waals surface area (Å²) >= 11 is 0. The Morgan fingerprint density at radius 1 is 1.44 bits per heavy atom. The van der Waals surface area contributed by atoms with Crippen LogP contribution in [-0.4, -0.2) is 17.9 Å². The quantitative estimate of drug-likeness (QED) is 0.643. The van der Waals surface area contributed by atoms with Gasteiger partial charge in [0.1, 0.15) is 6.10 Å². The Morgan fingerprint density at radius 3 is 2.88 bits per heavy atom. The van der Waals surface area contributed by atoms with Gasteiger partial charge in [0.2, 0.25) is 0 Å². The maximum absolute atomic E-state index is 11.5. The third-order valence-corrected chi connectivity index (χ3v) is 2.89. The van der Waals surface area contributed by atoms with Gasteiger partial charge in [-0.2, -0.15) is 0 Å². The van der Waals surface area contributed by atoms with Gasteiger partial charge in [0.05, 0.1) is 0 Å². The number of rotatable bonds is 1. The molecule has 0 amide bonds. The first kappa shape index (κ1) is 12.9. The lowest BCUT2D eigenvalue weighted by atomic mass is 9.92. The molecule has 0 fully saturated rings. The summed E-state index contributed by atoms with van der Waals surface area (Å²) in [4.78, 5) is 22.5. The van der Waals surface area contributed by atoms with Gasteiger partial charge >= 0.3 is 5.97 Å². The fourth-order valence-electron chi connectivity index (χ4n) is 2.01. The number of esters is 1. The van der Waals surface area contributed by atoms with E-state index < -0.39 is 0 Å². The second-order valence-electron chi connectivity index (χ2n) is 4.48. The maximum atomic E-state index is 11.5. The number of hydrogen-bond donors (Lipinski definition) is 0. The number of ether oxygens (including phenoxy) is 1. The molecule has 0 saturated heterocycles. The molecule has 2 atom stereocenters. The highest BCUT2D eigenvalue weighted by Crippen LogP contribution is 2.20. The monoisotopic (exact) mass is 224 g/mol. The average molecular weight is 224 g/mol. The van der Waals surface area contributed by atoms with Crippen LogP contribution in [-0.2, 0) is 14.3 Å². The van der Waals surface area contributed by atoms with Gasteiger partial charge in [-0.3, -0.25) is 9.59 Å². The summed E-state index contributed by atoms with van der Waals surface area (Å²) in [6.45, 7) is 3.40. The van der Waals surface area contributed by atoms with E-state index >= 15 is 0 Å². The third-order valence-electron chi connectivity index (χ3n) is 2.89. The fraction of sp³-hybridized carbons (Fsp3) is 0.692. The normalized spacial score (nSPS) is 29.5. The molecule has 3 heteroatoms. The number of carbonyl (C=O) groups is 2. The molecule has 0 N–H and O–H groups in total. The standard InChI is InChI=1S/C13H20O3/c1-10-9-12(15)7-5-3-4-6-8-13(10)16-11(2)14/h5,7,10,13H,3-4,6,8-9H2,1-2H3/b7-5-/t10-,13+/m1/s1. The van der Waals surface area contributed by atoms with Gasteiger partial charge in [-0.05, 0) is 31.8 Å². The summed E-state index contributed by atoms with van der Waals surface area (Å²) in [5.41, 5.74) is 0. The van der Waals surface area contributed by atoms with Gasteiger partial charge in [-0.15, -0.1) is 0 Å². The molecule has 1 aliphatic carbocycles. The van der Waals surface area contributed by atoms with Gasteiger partial charge in [0, 0.05) is 19.3 Å². The lowest BCUT2D eigenvalue weighted by Gasteiger charge is -2.23. The van der Waals surface area contributed by atoms with E-state index in [4.69, 9.17) is 4.74 Å². The van der Waals surface area contributed by atoms with Crippen molar-refractivity contribution in [3.05, 3.63) is 12.2 Å². The average Bonchev–Trinajstić information content (AvgIpc) is 2.20. The molecule has 0 heterocycles. The topological polar surface area (TPSA) is 43.4 Å². The molecule has 0 aliphatic heterocycles. The Hall–Kier alpha value is -1.12. The van der Waals surface area contributed by atoms with E-state index in [1.165, 1.54) is 6.92 Å². The summed E-state index contributed by atoms with van der Waals surface area (Å²) in [5.74, 6) is -0.0115. The molecule has 0 unspecified atom stereocenters. The SMILES string of the molecule is CC(=O)O[C@H]1CCCC/C=C\C(=O)C[C@H]1C. The summed E-state index contributed by atoms with van der Waals surface area (Å²) in [5, 5.41) is 0. The van der Waals surface area contributed by atoms with E-state index in [1.54, 1.807) is 6.08 Å². The molecule has 0 spiro atoms. The summed E-state index contributed by atoms with van der Waals surface area (Å²) in [6.07, 6.45) is 7.86. The van der Waals surface area contributed by atoms with Gasteiger partial charge < -0.3 is 4.74 Å². The summed E-state index contributed by atoms with van der Waals surface area (Å²) in [7, 11) is 0. The van der Waals surface area contributed by atoms with Crippen molar-refractivity contribution in [3.63, 3.8) is 0 Å². The van der Waals surface area contributed by atoms with E-state index in [1.807, 2.05) is 13.0 Å². The fourth-order valence-corrected chi connectivity index (χ4v) is 2.01. The van der Waals surface area contributed by atoms with Gasteiger partial charge in [-0.25, -0.2) is 0 Å². The smallest absolute Gasteiger partial charge is 0.302 e. The molecule has 1 rings (SSSR count). The highest BCUT2D eigenvalue weighted by molar-refractivity contribution is 5.89. The molecule has 0 aromatic rings. The highest BCUT2D eigenvalue weighted by Gasteiger charge is 2.22. The first-order valence-electron chi connectivity index (χ1n) is 5.96. The molecular formula is C13H20O3. The molecule has 0 aromatic carbocycles. The van der Waals surface area contributed by atoms with E-state index in [2.05, 4.69) is 0 Å². The van der Waals surface area contributed by atoms with Gasteiger partial charge in [0.15, 0.2) is 5.78 Å². The summed E-state index contributed by atoms with van der Waals surface area (Å²) < 4.78 is 5.27. The molecule has 90 valence electrons. The molecular weight excluding hydrogens is 204 g/mol. The van der Waals surface area contributed by atoms with E-state index in [0.717, 1.165) is 25.7 Å². The number of ketones is 1. The zero-order chi connectivity index (χ0) is 12.0. The Kier molecular flexibility index (Phi) is 5.23. The van der Waals surface area contributed by atoms with Crippen molar-refractivity contribution in [2.75, 3.05) is 0 Å². The second-order valence-corrected chi connectivity index (χ2v) is 4.48. The predicted octanol–water partition coefficient (Wildman–Crippen LogP) is 2.64. The van der Waals surface area contributed by atoms with Crippen molar-refractivity contribution in [1.82, 2.24) is 0 Å². The van der Waals surface area contributed by atoms with Crippen molar-refractivity contribution < 1.29 is 14.3 Å². The first-order valence-corrected chi connectivity index (χ1v) is 5.96. The Morgan fingerprint density at radius 2 is 2.19 bits per heavy atom. The second kappa shape index (κ2) is 6.46. The van der Waals surface area contributed by atoms with Crippen LogP contribution in [0.15, 0.2) is 12.2 Å². The predicted molar refractivity (Wildman–Crippen MR) is 62.0 cm³/mol. The maximum Gasteiger partial charge on any atom is 0.302 e. The third kappa shape index (κ3) is 4.60. The zero-order valence-corrected chi connectivity index (χ0v) is 10.1. The van der Waals surface area contributed by atoms with Crippen molar-refractivity contribution >= 4 is 11.8 Å². The van der Waals surface area contributed by atoms with Crippen LogP contribution in [0.25, 0.3) is 0 Å². The number of allylic oxidation sites excluding steroid dienone is 2. The van der Waals surface area contributed by atoms with Crippen LogP contribution < -0.4 is 0 Å². The summed E-state index contributed by atoms with van der Waals surface area (Å²) in [6, 6.07) is 0. The van der Waals surface area contributed by atoms with Crippen LogP contribution in [0.2, 0.25) is 0 Å². The van der Waals surface area contributed by atoms with Crippen LogP contribution in [0.1, 0.15) is 46.0 Å². The largest absolute Gasteiger partial charge is 0.462 e. The van der Waals surface area contributed by atoms with Gasteiger partial charge in [-0.1, -0.05) is 13.0 Å². The van der Waals surface area contributed by atoms with E-state index in [-0.39, 0.29) is 23.8 Å². The lowest BCUT2D eigenvalue weighted by Crippen LogP contribution is -2.26. The number of carbonyl (C=O) groups excluding carboxylic acids is 2. The van der Waals surface area contributed by atoms with Crippen molar-refractivity contribution in [3.8, 4) is 0 Å². The Bertz CT molecular complexity index is 281. The van der Waals surface area contributed by atoms with Crippen molar-refractivity contribution in [2.24, 2.45) is 5.92 Å². The molecule has 3 nitrogen and oxygen atoms in total. The zero-order valence-electron chi connectivity index (χ0n) is 10.1. The minimum absolute atomic E-state index is 0.104. The lowest BCUT2D eigenvalue weighted by molar-refractivity contribution is -0.150. The highest BCUT2D eigenvalue weighted by atomic mass is 16.5. The van der Waals surface area contributed by atoms with E-state index in [0.29, 0.717) is 6.42 Å². The number of hydrogen-bond acceptors (Lipinski definition) is 3. The van der Waals surface area contributed by atoms with Crippen molar-refractivity contribution in [1.29, 1.82) is 0 Å². The van der Waals surface area contributed by atoms with Crippen LogP contribution in [0.5, 0.6) is 0 Å². The molecule has 0 radical (unpaired) electrons. The minimum atomic E-state index is -0.253. The van der Waals surface area contributed by atoms with Crippen LogP contribution >= 0.6 is 0 Å². The first-order chi connectivity index (χ1) is 7.59. The molecule has 0 saturated carbocycles. The van der Waals surface area contributed by atoms with Crippen LogP contribution in [0, 0.1) is 5.92 Å². The van der Waals surface area contributed by atoms with Crippen LogP contribution in [0.4, 0.5) is 0 Å². The molecule has 0 bridgehead atoms. The molecule has 1 aliphatic rings. The Labute approximate surface area is 96.9 Å². The van der Waals surface area contributed by atoms with E-state index in [9.17, 15) is 9.59 Å².